The van der Waals surface area contributed by atoms with Gasteiger partial charge in [0.05, 0.1) is 10.7 Å². The molecule has 2 N–H and O–H groups in total. The van der Waals surface area contributed by atoms with Crippen LogP contribution in [0.3, 0.4) is 0 Å². The number of carboxylic acid groups (broad SMARTS) is 1. The maximum atomic E-state index is 12.1. The number of rotatable bonds is 3. The Balaban J connectivity index is 3.02. The van der Waals surface area contributed by atoms with Gasteiger partial charge in [-0.05, 0) is 20.8 Å². The molecule has 0 spiro atoms. The van der Waals surface area contributed by atoms with Gasteiger partial charge in [-0.2, -0.15) is 0 Å². The first-order chi connectivity index (χ1) is 8.45. The van der Waals surface area contributed by atoms with Crippen molar-refractivity contribution in [1.82, 2.24) is 10.3 Å². The molecule has 1 heterocycles. The maximum Gasteiger partial charge on any atom is 0.328 e. The molecule has 1 aromatic rings. The lowest BCUT2D eigenvalue weighted by molar-refractivity contribution is -0.143. The molecule has 6 heteroatoms. The molecule has 0 unspecified atom stereocenters. The minimum Gasteiger partial charge on any atom is -0.480 e. The van der Waals surface area contributed by atoms with Crippen molar-refractivity contribution in [3.63, 3.8) is 0 Å². The lowest BCUT2D eigenvalue weighted by Crippen LogP contribution is -2.49. The molecule has 0 bridgehead atoms. The summed E-state index contributed by atoms with van der Waals surface area (Å²) in [6.07, 6.45) is 0. The second-order valence-corrected chi connectivity index (χ2v) is 7.07. The van der Waals surface area contributed by atoms with E-state index in [4.69, 9.17) is 5.11 Å². The predicted octanol–water partition coefficient (Wildman–Crippen LogP) is 2.34. The van der Waals surface area contributed by atoms with E-state index in [1.54, 1.807) is 6.92 Å². The Bertz CT molecular complexity index is 512. The van der Waals surface area contributed by atoms with E-state index in [1.807, 2.05) is 20.8 Å². The highest BCUT2D eigenvalue weighted by atomic mass is 32.1. The number of thiazole rings is 1. The normalized spacial score (nSPS) is 12.3. The van der Waals surface area contributed by atoms with Crippen molar-refractivity contribution in [3.8, 4) is 0 Å². The molecule has 0 aliphatic rings. The van der Waals surface area contributed by atoms with Gasteiger partial charge in [0, 0.05) is 5.41 Å². The average molecular weight is 284 g/mol. The van der Waals surface area contributed by atoms with Crippen molar-refractivity contribution in [3.05, 3.63) is 15.6 Å². The first-order valence-electron chi connectivity index (χ1n) is 5.99. The largest absolute Gasteiger partial charge is 0.480 e. The SMILES string of the molecule is Cc1nc(C(C)(C)C)sc1C(=O)NC(C)(C)C(=O)O. The Morgan fingerprint density at radius 1 is 1.21 bits per heavy atom. The highest BCUT2D eigenvalue weighted by Gasteiger charge is 2.31. The molecule has 5 nitrogen and oxygen atoms in total. The zero-order valence-electron chi connectivity index (χ0n) is 12.1. The van der Waals surface area contributed by atoms with Crippen LogP contribution in [0.5, 0.6) is 0 Å². The fourth-order valence-corrected chi connectivity index (χ4v) is 2.34. The van der Waals surface area contributed by atoms with E-state index < -0.39 is 17.4 Å². The number of hydrogen-bond donors (Lipinski definition) is 2. The summed E-state index contributed by atoms with van der Waals surface area (Å²) in [7, 11) is 0. The molecule has 0 atom stereocenters. The highest BCUT2D eigenvalue weighted by Crippen LogP contribution is 2.29. The Kier molecular flexibility index (Phi) is 4.05. The van der Waals surface area contributed by atoms with Crippen molar-refractivity contribution < 1.29 is 14.7 Å². The predicted molar refractivity (Wildman–Crippen MR) is 74.7 cm³/mol. The molecule has 1 amide bonds. The summed E-state index contributed by atoms with van der Waals surface area (Å²) < 4.78 is 0. The summed E-state index contributed by atoms with van der Waals surface area (Å²) in [5.74, 6) is -1.46. The molecule has 1 rings (SSSR count). The summed E-state index contributed by atoms with van der Waals surface area (Å²) in [5, 5.41) is 12.4. The van der Waals surface area contributed by atoms with Gasteiger partial charge in [0.1, 0.15) is 10.4 Å². The van der Waals surface area contributed by atoms with Crippen LogP contribution in [0.2, 0.25) is 0 Å². The van der Waals surface area contributed by atoms with Gasteiger partial charge >= 0.3 is 5.97 Å². The fraction of sp³-hybridized carbons (Fsp3) is 0.615. The topological polar surface area (TPSA) is 79.3 Å². The van der Waals surface area contributed by atoms with Crippen LogP contribution >= 0.6 is 11.3 Å². The number of carboxylic acids is 1. The lowest BCUT2D eigenvalue weighted by atomic mass is 9.98. The first kappa shape index (κ1) is 15.6. The number of carbonyl (C=O) groups is 2. The Labute approximate surface area is 117 Å². The second kappa shape index (κ2) is 4.92. The van der Waals surface area contributed by atoms with Crippen LogP contribution in [0.15, 0.2) is 0 Å². The van der Waals surface area contributed by atoms with Crippen LogP contribution < -0.4 is 5.32 Å². The molecule has 0 fully saturated rings. The minimum absolute atomic E-state index is 0.129. The molecular formula is C13H20N2O3S. The molecule has 0 radical (unpaired) electrons. The number of hydrogen-bond acceptors (Lipinski definition) is 4. The number of nitrogens with zero attached hydrogens (tertiary/aromatic N) is 1. The molecule has 0 saturated heterocycles. The van der Waals surface area contributed by atoms with Gasteiger partial charge in [0.25, 0.3) is 5.91 Å². The maximum absolute atomic E-state index is 12.1. The van der Waals surface area contributed by atoms with Crippen molar-refractivity contribution in [2.24, 2.45) is 0 Å². The van der Waals surface area contributed by atoms with Gasteiger partial charge in [-0.25, -0.2) is 9.78 Å². The summed E-state index contributed by atoms with van der Waals surface area (Å²) in [4.78, 5) is 28.0. The number of aryl methyl sites for hydroxylation is 1. The second-order valence-electron chi connectivity index (χ2n) is 6.07. The third kappa shape index (κ3) is 3.53. The summed E-state index contributed by atoms with van der Waals surface area (Å²) >= 11 is 1.31. The number of aliphatic carboxylic acids is 1. The zero-order valence-corrected chi connectivity index (χ0v) is 12.9. The molecular weight excluding hydrogens is 264 g/mol. The van der Waals surface area contributed by atoms with E-state index in [2.05, 4.69) is 10.3 Å². The van der Waals surface area contributed by atoms with Gasteiger partial charge in [0.2, 0.25) is 0 Å². The summed E-state index contributed by atoms with van der Waals surface area (Å²) in [6.45, 7) is 10.7. The van der Waals surface area contributed by atoms with Crippen LogP contribution in [0, 0.1) is 6.92 Å². The Hall–Kier alpha value is -1.43. The zero-order chi connectivity index (χ0) is 15.0. The van der Waals surface area contributed by atoms with E-state index in [-0.39, 0.29) is 5.41 Å². The van der Waals surface area contributed by atoms with Crippen LogP contribution in [0.1, 0.15) is 55.0 Å². The molecule has 0 saturated carbocycles. The van der Waals surface area contributed by atoms with Crippen molar-refractivity contribution in [2.75, 3.05) is 0 Å². The lowest BCUT2D eigenvalue weighted by Gasteiger charge is -2.20. The monoisotopic (exact) mass is 284 g/mol. The van der Waals surface area contributed by atoms with E-state index in [0.29, 0.717) is 10.6 Å². The van der Waals surface area contributed by atoms with Crippen molar-refractivity contribution in [2.45, 2.75) is 52.5 Å². The van der Waals surface area contributed by atoms with E-state index in [0.717, 1.165) is 5.01 Å². The quantitative estimate of drug-likeness (QED) is 0.893. The smallest absolute Gasteiger partial charge is 0.328 e. The van der Waals surface area contributed by atoms with Gasteiger partial charge in [-0.3, -0.25) is 4.79 Å². The average Bonchev–Trinajstić information content (AvgIpc) is 2.58. The molecule has 1 aromatic heterocycles. The van der Waals surface area contributed by atoms with Crippen LogP contribution in [-0.4, -0.2) is 27.5 Å². The van der Waals surface area contributed by atoms with Gasteiger partial charge in [-0.1, -0.05) is 20.8 Å². The molecule has 0 aliphatic carbocycles. The fourth-order valence-electron chi connectivity index (χ4n) is 1.32. The molecule has 19 heavy (non-hydrogen) atoms. The standard InChI is InChI=1S/C13H20N2O3S/c1-7-8(19-10(14-7)12(2,3)4)9(16)15-13(5,6)11(17)18/h1-6H3,(H,15,16)(H,17,18). The third-order valence-electron chi connectivity index (χ3n) is 2.61. The van der Waals surface area contributed by atoms with Crippen LogP contribution in [-0.2, 0) is 10.2 Å². The first-order valence-corrected chi connectivity index (χ1v) is 6.80. The number of nitrogens with one attached hydrogen (secondary N) is 1. The van der Waals surface area contributed by atoms with Gasteiger partial charge < -0.3 is 10.4 Å². The Morgan fingerprint density at radius 2 is 1.74 bits per heavy atom. The third-order valence-corrected chi connectivity index (χ3v) is 4.19. The number of amides is 1. The van der Waals surface area contributed by atoms with Crippen LogP contribution in [0.25, 0.3) is 0 Å². The van der Waals surface area contributed by atoms with Crippen molar-refractivity contribution in [1.29, 1.82) is 0 Å². The molecule has 0 aromatic carbocycles. The van der Waals surface area contributed by atoms with E-state index in [9.17, 15) is 9.59 Å². The number of aromatic nitrogens is 1. The van der Waals surface area contributed by atoms with E-state index in [1.165, 1.54) is 25.2 Å². The Morgan fingerprint density at radius 3 is 2.11 bits per heavy atom. The molecule has 106 valence electrons. The highest BCUT2D eigenvalue weighted by molar-refractivity contribution is 7.14. The van der Waals surface area contributed by atoms with Gasteiger partial charge in [0.15, 0.2) is 0 Å². The van der Waals surface area contributed by atoms with Crippen LogP contribution in [0.4, 0.5) is 0 Å². The molecule has 0 aliphatic heterocycles. The summed E-state index contributed by atoms with van der Waals surface area (Å²) in [5.41, 5.74) is -0.792. The minimum atomic E-state index is -1.30. The number of carbonyl (C=O) groups excluding carboxylic acids is 1. The van der Waals surface area contributed by atoms with E-state index >= 15 is 0 Å². The van der Waals surface area contributed by atoms with Crippen molar-refractivity contribution >= 4 is 23.2 Å². The van der Waals surface area contributed by atoms with Gasteiger partial charge in [-0.15, -0.1) is 11.3 Å². The summed E-state index contributed by atoms with van der Waals surface area (Å²) in [6, 6.07) is 0.